The molecule has 0 bridgehead atoms. The average molecular weight is 766 g/mol. The average Bonchev–Trinajstić information content (AvgIpc) is 3.81. The Morgan fingerprint density at radius 2 is 1.78 bits per heavy atom. The third-order valence-corrected chi connectivity index (χ3v) is 13.8. The molecule has 5 atom stereocenters. The first kappa shape index (κ1) is 36.1. The van der Waals surface area contributed by atoms with Crippen molar-refractivity contribution in [1.82, 2.24) is 15.0 Å². The number of aliphatic hydroxyl groups excluding tert-OH is 1. The van der Waals surface area contributed by atoms with E-state index in [1.54, 1.807) is 39.7 Å². The summed E-state index contributed by atoms with van der Waals surface area (Å²) in [6, 6.07) is 29.9. The first-order chi connectivity index (χ1) is 26.0. The van der Waals surface area contributed by atoms with E-state index in [0.717, 1.165) is 11.1 Å². The highest BCUT2D eigenvalue weighted by Gasteiger charge is 2.66. The van der Waals surface area contributed by atoms with Crippen LogP contribution in [0.1, 0.15) is 41.6 Å². The van der Waals surface area contributed by atoms with Crippen molar-refractivity contribution in [3.05, 3.63) is 131 Å². The molecule has 4 heterocycles. The molecule has 1 saturated heterocycles. The van der Waals surface area contributed by atoms with Crippen molar-refractivity contribution < 1.29 is 28.3 Å². The van der Waals surface area contributed by atoms with Gasteiger partial charge in [0, 0.05) is 40.5 Å². The molecule has 3 aliphatic heterocycles. The molecule has 10 nitrogen and oxygen atoms in total. The van der Waals surface area contributed by atoms with E-state index >= 15 is 4.11 Å². The number of ether oxygens (including phenoxy) is 2. The van der Waals surface area contributed by atoms with Gasteiger partial charge in [0.15, 0.2) is 12.2 Å². The zero-order valence-corrected chi connectivity index (χ0v) is 32.0. The highest BCUT2D eigenvalue weighted by Crippen LogP contribution is 2.60. The maximum absolute atomic E-state index is 16.5. The molecule has 13 heteroatoms. The number of rotatable bonds is 10. The Bertz CT molecular complexity index is 2220. The van der Waals surface area contributed by atoms with Gasteiger partial charge < -0.3 is 23.6 Å². The quantitative estimate of drug-likeness (QED) is 0.116. The standard InChI is InChI=1S/C41H41ClFN5O5Si/c1-26-39(54(2,3)43)37(18-19-46-23-33(44-45-46)31(24-49)28-11-5-4-6-12-28)53-41(26)32-21-29(42)16-17-34(32)47(40(41)51)22-27-10-9-13-30(20-27)48-35-14-7-8-15-36(35)52-25-38(48)50/h4-17,20-21,23,26,31,37,39,49H,18-19,22,24-25H2,1-3H3/t26-,31?,37+,39-,41+/m1/s1. The van der Waals surface area contributed by atoms with E-state index in [9.17, 15) is 14.7 Å². The number of amides is 2. The third kappa shape index (κ3) is 6.20. The van der Waals surface area contributed by atoms with Crippen LogP contribution in [0.15, 0.2) is 103 Å². The molecule has 1 fully saturated rings. The number of anilines is 3. The number of aromatic nitrogens is 3. The van der Waals surface area contributed by atoms with Gasteiger partial charge in [0.1, 0.15) is 5.75 Å². The van der Waals surface area contributed by atoms with Crippen LogP contribution in [0.25, 0.3) is 0 Å². The van der Waals surface area contributed by atoms with Crippen molar-refractivity contribution in [2.45, 2.75) is 62.7 Å². The van der Waals surface area contributed by atoms with Crippen LogP contribution in [0.2, 0.25) is 23.7 Å². The number of carbonyl (C=O) groups is 2. The van der Waals surface area contributed by atoms with E-state index in [-0.39, 0.29) is 37.5 Å². The Labute approximate surface area is 319 Å². The fraction of sp³-hybridized carbons (Fsp3) is 0.317. The Hall–Kier alpha value is -4.88. The molecule has 2 amide bonds. The van der Waals surface area contributed by atoms with Gasteiger partial charge in [-0.2, -0.15) is 0 Å². The zero-order valence-electron chi connectivity index (χ0n) is 30.2. The molecule has 1 N–H and O–H groups in total. The molecule has 4 aromatic carbocycles. The molecule has 0 aliphatic carbocycles. The van der Waals surface area contributed by atoms with Crippen LogP contribution >= 0.6 is 11.6 Å². The van der Waals surface area contributed by atoms with Gasteiger partial charge in [0.05, 0.1) is 42.2 Å². The molecule has 1 unspecified atom stereocenters. The van der Waals surface area contributed by atoms with Gasteiger partial charge in [-0.1, -0.05) is 78.3 Å². The second-order valence-corrected chi connectivity index (χ2v) is 19.1. The molecule has 54 heavy (non-hydrogen) atoms. The second kappa shape index (κ2) is 14.1. The summed E-state index contributed by atoms with van der Waals surface area (Å²) < 4.78 is 30.8. The van der Waals surface area contributed by atoms with Crippen molar-refractivity contribution in [2.75, 3.05) is 23.0 Å². The van der Waals surface area contributed by atoms with Gasteiger partial charge >= 0.3 is 0 Å². The molecule has 0 saturated carbocycles. The van der Waals surface area contributed by atoms with Crippen LogP contribution in [0.5, 0.6) is 5.75 Å². The Kier molecular flexibility index (Phi) is 9.41. The summed E-state index contributed by atoms with van der Waals surface area (Å²) in [7, 11) is -3.42. The lowest BCUT2D eigenvalue weighted by molar-refractivity contribution is -0.146. The fourth-order valence-corrected chi connectivity index (χ4v) is 11.4. The van der Waals surface area contributed by atoms with Crippen LogP contribution in [-0.4, -0.2) is 59.6 Å². The topological polar surface area (TPSA) is 110 Å². The van der Waals surface area contributed by atoms with Gasteiger partial charge in [0.25, 0.3) is 11.8 Å². The predicted molar refractivity (Wildman–Crippen MR) is 206 cm³/mol. The summed E-state index contributed by atoms with van der Waals surface area (Å²) in [4.78, 5) is 31.4. The van der Waals surface area contributed by atoms with Crippen LogP contribution in [0.3, 0.4) is 0 Å². The van der Waals surface area contributed by atoms with Crippen LogP contribution < -0.4 is 14.5 Å². The SMILES string of the molecule is C[C@@H]1[C@@H]([Si](C)(C)F)[C@H](CCn2cc(C(CO)c3ccccc3)nn2)O[C@@]12C(=O)N(Cc1cccc(N3C(=O)COc4ccccc43)c1)c1ccc(Cl)cc12. The van der Waals surface area contributed by atoms with Crippen molar-refractivity contribution in [1.29, 1.82) is 0 Å². The van der Waals surface area contributed by atoms with Crippen LogP contribution in [0, 0.1) is 5.92 Å². The Balaban J connectivity index is 1.08. The summed E-state index contributed by atoms with van der Waals surface area (Å²) in [5.41, 5.74) is 2.99. The maximum atomic E-state index is 16.5. The zero-order chi connectivity index (χ0) is 37.8. The minimum absolute atomic E-state index is 0.0801. The number of hydrogen-bond acceptors (Lipinski definition) is 7. The van der Waals surface area contributed by atoms with Crippen LogP contribution in [0.4, 0.5) is 21.2 Å². The molecule has 1 aromatic heterocycles. The largest absolute Gasteiger partial charge is 0.482 e. The molecule has 8 rings (SSSR count). The molecule has 3 aliphatic rings. The Morgan fingerprint density at radius 1 is 1.00 bits per heavy atom. The van der Waals surface area contributed by atoms with E-state index in [1.807, 2.05) is 98.0 Å². The number of benzene rings is 4. The molecular weight excluding hydrogens is 725 g/mol. The fourth-order valence-electron chi connectivity index (χ4n) is 8.71. The number of hydrogen-bond donors (Lipinski definition) is 1. The van der Waals surface area contributed by atoms with Gasteiger partial charge in [-0.25, -0.2) is 0 Å². The van der Waals surface area contributed by atoms with E-state index in [1.165, 1.54) is 0 Å². The number of para-hydroxylation sites is 2. The maximum Gasteiger partial charge on any atom is 0.269 e. The number of fused-ring (bicyclic) bond motifs is 3. The van der Waals surface area contributed by atoms with Gasteiger partial charge in [-0.3, -0.25) is 19.2 Å². The van der Waals surface area contributed by atoms with E-state index in [4.69, 9.17) is 21.1 Å². The number of aryl methyl sites for hydroxylation is 1. The number of aliphatic hydroxyl groups is 1. The van der Waals surface area contributed by atoms with Crippen molar-refractivity contribution in [2.24, 2.45) is 5.92 Å². The number of carbonyl (C=O) groups excluding carboxylic acids is 2. The van der Waals surface area contributed by atoms with Gasteiger partial charge in [-0.05, 0) is 73.1 Å². The number of halogens is 2. The molecule has 1 spiro atoms. The van der Waals surface area contributed by atoms with Crippen molar-refractivity contribution in [3.8, 4) is 5.75 Å². The highest BCUT2D eigenvalue weighted by atomic mass is 35.5. The first-order valence-corrected chi connectivity index (χ1v) is 21.5. The summed E-state index contributed by atoms with van der Waals surface area (Å²) in [6.07, 6.45) is 1.62. The number of nitrogens with zero attached hydrogens (tertiary/aromatic N) is 5. The Morgan fingerprint density at radius 3 is 2.56 bits per heavy atom. The molecular formula is C41H41ClFN5O5Si. The molecule has 278 valence electrons. The van der Waals surface area contributed by atoms with E-state index in [0.29, 0.717) is 52.1 Å². The van der Waals surface area contributed by atoms with Crippen molar-refractivity contribution >= 4 is 48.9 Å². The minimum Gasteiger partial charge on any atom is -0.482 e. The summed E-state index contributed by atoms with van der Waals surface area (Å²) in [5.74, 6) is -0.678. The van der Waals surface area contributed by atoms with E-state index in [2.05, 4.69) is 10.3 Å². The van der Waals surface area contributed by atoms with Gasteiger partial charge in [-0.15, -0.1) is 5.10 Å². The second-order valence-electron chi connectivity index (χ2n) is 14.8. The highest BCUT2D eigenvalue weighted by molar-refractivity contribution is 6.72. The van der Waals surface area contributed by atoms with Gasteiger partial charge in [0.2, 0.25) is 8.41 Å². The predicted octanol–water partition coefficient (Wildman–Crippen LogP) is 7.52. The lowest BCUT2D eigenvalue weighted by atomic mass is 9.82. The van der Waals surface area contributed by atoms with Crippen molar-refractivity contribution in [3.63, 3.8) is 0 Å². The molecule has 5 aromatic rings. The normalized spacial score (nSPS) is 22.7. The third-order valence-electron chi connectivity index (χ3n) is 11.1. The monoisotopic (exact) mass is 765 g/mol. The lowest BCUT2D eigenvalue weighted by Gasteiger charge is -2.31. The summed E-state index contributed by atoms with van der Waals surface area (Å²) in [6.45, 7) is 5.65. The smallest absolute Gasteiger partial charge is 0.269 e. The first-order valence-electron chi connectivity index (χ1n) is 18.2. The molecule has 0 radical (unpaired) electrons. The minimum atomic E-state index is -3.42. The lowest BCUT2D eigenvalue weighted by Crippen LogP contribution is -2.45. The van der Waals surface area contributed by atoms with Crippen LogP contribution in [-0.2, 0) is 33.0 Å². The summed E-state index contributed by atoms with van der Waals surface area (Å²) in [5, 5.41) is 19.3. The summed E-state index contributed by atoms with van der Waals surface area (Å²) >= 11 is 6.60. The van der Waals surface area contributed by atoms with E-state index < -0.39 is 31.6 Å².